The molecule has 0 aliphatic heterocycles. The number of rotatable bonds is 6. The van der Waals surface area contributed by atoms with E-state index in [-0.39, 0.29) is 36.8 Å². The van der Waals surface area contributed by atoms with E-state index in [9.17, 15) is 14.0 Å². The fourth-order valence-electron chi connectivity index (χ4n) is 2.52. The normalized spacial score (nSPS) is 10.6. The van der Waals surface area contributed by atoms with Gasteiger partial charge in [-0.2, -0.15) is 5.10 Å². The van der Waals surface area contributed by atoms with Gasteiger partial charge in [-0.15, -0.1) is 0 Å². The van der Waals surface area contributed by atoms with Crippen molar-refractivity contribution < 1.29 is 9.18 Å². The molecule has 1 N–H and O–H groups in total. The highest BCUT2D eigenvalue weighted by molar-refractivity contribution is 6.30. The fraction of sp³-hybridized carbons (Fsp3) is 0.150. The second-order valence-electron chi connectivity index (χ2n) is 5.90. The molecule has 3 rings (SSSR count). The molecule has 7 heteroatoms. The molecule has 2 aromatic carbocycles. The van der Waals surface area contributed by atoms with Crippen molar-refractivity contribution in [2.45, 2.75) is 19.5 Å². The first-order valence-electron chi connectivity index (χ1n) is 8.37. The smallest absolute Gasteiger partial charge is 0.266 e. The number of hydrogen-bond acceptors (Lipinski definition) is 3. The Labute approximate surface area is 160 Å². The van der Waals surface area contributed by atoms with Crippen molar-refractivity contribution in [3.63, 3.8) is 0 Å². The third-order valence-corrected chi connectivity index (χ3v) is 4.24. The van der Waals surface area contributed by atoms with Crippen LogP contribution in [0.25, 0.3) is 11.3 Å². The molecule has 5 nitrogen and oxygen atoms in total. The van der Waals surface area contributed by atoms with Gasteiger partial charge >= 0.3 is 0 Å². The Kier molecular flexibility index (Phi) is 5.98. The predicted octanol–water partition coefficient (Wildman–Crippen LogP) is 3.41. The number of hydrogen-bond donors (Lipinski definition) is 1. The fourth-order valence-corrected chi connectivity index (χ4v) is 2.64. The Balaban J connectivity index is 1.62. The lowest BCUT2D eigenvalue weighted by Crippen LogP contribution is -2.28. The van der Waals surface area contributed by atoms with Crippen LogP contribution >= 0.6 is 11.6 Å². The van der Waals surface area contributed by atoms with Crippen LogP contribution in [0.5, 0.6) is 0 Å². The number of carbonyl (C=O) groups is 1. The summed E-state index contributed by atoms with van der Waals surface area (Å²) in [6.07, 6.45) is 0.0609. The molecule has 0 saturated carbocycles. The minimum atomic E-state index is -0.369. The van der Waals surface area contributed by atoms with E-state index in [1.54, 1.807) is 48.5 Å². The zero-order valence-electron chi connectivity index (χ0n) is 14.4. The predicted molar refractivity (Wildman–Crippen MR) is 102 cm³/mol. The first-order chi connectivity index (χ1) is 13.0. The van der Waals surface area contributed by atoms with Crippen LogP contribution in [-0.2, 0) is 17.9 Å². The molecular formula is C20H17ClFN3O2. The number of carbonyl (C=O) groups excluding carboxylic acids is 1. The van der Waals surface area contributed by atoms with Crippen LogP contribution in [-0.4, -0.2) is 15.7 Å². The Morgan fingerprint density at radius 2 is 1.81 bits per heavy atom. The quantitative estimate of drug-likeness (QED) is 0.707. The molecule has 27 heavy (non-hydrogen) atoms. The summed E-state index contributed by atoms with van der Waals surface area (Å²) in [5.74, 6) is -0.657. The SMILES string of the molecule is O=C(CCn1nc(-c2ccc(Cl)cc2)ccc1=O)NCc1ccccc1F. The summed E-state index contributed by atoms with van der Waals surface area (Å²) < 4.78 is 14.8. The van der Waals surface area contributed by atoms with Crippen molar-refractivity contribution in [2.24, 2.45) is 0 Å². The van der Waals surface area contributed by atoms with Gasteiger partial charge in [0.05, 0.1) is 12.2 Å². The van der Waals surface area contributed by atoms with E-state index in [2.05, 4.69) is 10.4 Å². The Bertz CT molecular complexity index is 1000. The van der Waals surface area contributed by atoms with Crippen molar-refractivity contribution in [1.82, 2.24) is 15.1 Å². The number of halogens is 2. The summed E-state index contributed by atoms with van der Waals surface area (Å²) in [4.78, 5) is 24.0. The van der Waals surface area contributed by atoms with Gasteiger partial charge in [-0.3, -0.25) is 9.59 Å². The highest BCUT2D eigenvalue weighted by atomic mass is 35.5. The number of aryl methyl sites for hydroxylation is 1. The monoisotopic (exact) mass is 385 g/mol. The summed E-state index contributed by atoms with van der Waals surface area (Å²) in [6, 6.07) is 16.4. The Morgan fingerprint density at radius 3 is 2.56 bits per heavy atom. The van der Waals surface area contributed by atoms with Crippen molar-refractivity contribution in [2.75, 3.05) is 0 Å². The number of amides is 1. The number of nitrogens with zero attached hydrogens (tertiary/aromatic N) is 2. The van der Waals surface area contributed by atoms with Crippen molar-refractivity contribution in [1.29, 1.82) is 0 Å². The van der Waals surface area contributed by atoms with Crippen LogP contribution in [0.4, 0.5) is 4.39 Å². The van der Waals surface area contributed by atoms with Gasteiger partial charge in [-0.25, -0.2) is 9.07 Å². The minimum absolute atomic E-state index is 0.0609. The lowest BCUT2D eigenvalue weighted by atomic mass is 10.1. The van der Waals surface area contributed by atoms with Crippen LogP contribution in [0.15, 0.2) is 65.5 Å². The molecule has 0 aliphatic carbocycles. The van der Waals surface area contributed by atoms with Crippen LogP contribution in [0, 0.1) is 5.82 Å². The summed E-state index contributed by atoms with van der Waals surface area (Å²) in [5, 5.41) is 7.55. The molecule has 0 radical (unpaired) electrons. The summed E-state index contributed by atoms with van der Waals surface area (Å²) in [6.45, 7) is 0.224. The Hall–Kier alpha value is -2.99. The van der Waals surface area contributed by atoms with Crippen LogP contribution in [0.3, 0.4) is 0 Å². The van der Waals surface area contributed by atoms with Gasteiger partial charge < -0.3 is 5.32 Å². The molecule has 0 aliphatic rings. The molecular weight excluding hydrogens is 369 g/mol. The van der Waals surface area contributed by atoms with E-state index < -0.39 is 0 Å². The van der Waals surface area contributed by atoms with E-state index in [0.717, 1.165) is 5.56 Å². The lowest BCUT2D eigenvalue weighted by Gasteiger charge is -2.09. The number of nitrogens with one attached hydrogen (secondary N) is 1. The first-order valence-corrected chi connectivity index (χ1v) is 8.75. The molecule has 0 saturated heterocycles. The van der Waals surface area contributed by atoms with Gasteiger partial charge in [0.25, 0.3) is 5.56 Å². The molecule has 0 atom stereocenters. The van der Waals surface area contributed by atoms with Crippen molar-refractivity contribution in [3.05, 3.63) is 87.4 Å². The lowest BCUT2D eigenvalue weighted by molar-refractivity contribution is -0.121. The average Bonchev–Trinajstić information content (AvgIpc) is 2.67. The number of aromatic nitrogens is 2. The second-order valence-corrected chi connectivity index (χ2v) is 6.34. The first kappa shape index (κ1) is 18.8. The average molecular weight is 386 g/mol. The van der Waals surface area contributed by atoms with Gasteiger partial charge in [-0.05, 0) is 24.3 Å². The molecule has 1 aromatic heterocycles. The van der Waals surface area contributed by atoms with E-state index in [1.165, 1.54) is 16.8 Å². The van der Waals surface area contributed by atoms with Gasteiger partial charge in [0.1, 0.15) is 5.82 Å². The summed E-state index contributed by atoms with van der Waals surface area (Å²) in [5.41, 5.74) is 1.54. The summed E-state index contributed by atoms with van der Waals surface area (Å²) >= 11 is 5.88. The highest BCUT2D eigenvalue weighted by Crippen LogP contribution is 2.18. The van der Waals surface area contributed by atoms with Crippen LogP contribution in [0.2, 0.25) is 5.02 Å². The van der Waals surface area contributed by atoms with Gasteiger partial charge in [0.2, 0.25) is 5.91 Å². The molecule has 0 spiro atoms. The number of benzene rings is 2. The van der Waals surface area contributed by atoms with Crippen LogP contribution < -0.4 is 10.9 Å². The van der Waals surface area contributed by atoms with E-state index in [4.69, 9.17) is 11.6 Å². The standard InChI is InChI=1S/C20H17ClFN3O2/c21-16-7-5-14(6-8-16)18-9-10-20(27)25(24-18)12-11-19(26)23-13-15-3-1-2-4-17(15)22/h1-10H,11-13H2,(H,23,26). The van der Waals surface area contributed by atoms with E-state index >= 15 is 0 Å². The molecule has 0 bridgehead atoms. The maximum atomic E-state index is 13.6. The summed E-state index contributed by atoms with van der Waals surface area (Å²) in [7, 11) is 0. The molecule has 1 amide bonds. The zero-order valence-corrected chi connectivity index (χ0v) is 15.1. The molecule has 0 fully saturated rings. The van der Waals surface area contributed by atoms with Gasteiger partial charge in [0, 0.05) is 35.2 Å². The Morgan fingerprint density at radius 1 is 1.07 bits per heavy atom. The topological polar surface area (TPSA) is 64.0 Å². The van der Waals surface area contributed by atoms with E-state index in [0.29, 0.717) is 16.3 Å². The second kappa shape index (κ2) is 8.60. The van der Waals surface area contributed by atoms with Gasteiger partial charge in [-0.1, -0.05) is 41.9 Å². The molecule has 1 heterocycles. The zero-order chi connectivity index (χ0) is 19.2. The molecule has 0 unspecified atom stereocenters. The molecule has 3 aromatic rings. The highest BCUT2D eigenvalue weighted by Gasteiger charge is 2.08. The van der Waals surface area contributed by atoms with Crippen molar-refractivity contribution >= 4 is 17.5 Å². The van der Waals surface area contributed by atoms with Gasteiger partial charge in [0.15, 0.2) is 0 Å². The van der Waals surface area contributed by atoms with Crippen molar-refractivity contribution in [3.8, 4) is 11.3 Å². The largest absolute Gasteiger partial charge is 0.352 e. The maximum absolute atomic E-state index is 13.6. The molecule has 138 valence electrons. The third-order valence-electron chi connectivity index (χ3n) is 3.99. The third kappa shape index (κ3) is 5.01. The van der Waals surface area contributed by atoms with Crippen LogP contribution in [0.1, 0.15) is 12.0 Å². The maximum Gasteiger partial charge on any atom is 0.266 e. The van der Waals surface area contributed by atoms with E-state index in [1.807, 2.05) is 0 Å². The minimum Gasteiger partial charge on any atom is -0.352 e.